The van der Waals surface area contributed by atoms with Crippen LogP contribution in [0.3, 0.4) is 0 Å². The number of carbonyl (C=O) groups excluding carboxylic acids is 2. The predicted octanol–water partition coefficient (Wildman–Crippen LogP) is 0.519. The Bertz CT molecular complexity index is 664. The second-order valence-corrected chi connectivity index (χ2v) is 7.71. The van der Waals surface area contributed by atoms with Crippen LogP contribution in [0.1, 0.15) is 42.2 Å². The molecule has 8 nitrogen and oxygen atoms in total. The fourth-order valence-electron chi connectivity index (χ4n) is 4.28. The maximum absolute atomic E-state index is 12.9. The number of amides is 2. The van der Waals surface area contributed by atoms with Gasteiger partial charge in [0.15, 0.2) is 0 Å². The fourth-order valence-corrected chi connectivity index (χ4v) is 4.28. The molecule has 3 saturated heterocycles. The van der Waals surface area contributed by atoms with Gasteiger partial charge in [0.1, 0.15) is 5.69 Å². The molecule has 3 fully saturated rings. The van der Waals surface area contributed by atoms with Crippen LogP contribution in [0.5, 0.6) is 0 Å². The summed E-state index contributed by atoms with van der Waals surface area (Å²) in [5, 5.41) is 7.92. The third-order valence-electron chi connectivity index (χ3n) is 5.85. The Balaban J connectivity index is 1.38. The van der Waals surface area contributed by atoms with E-state index in [1.54, 1.807) is 4.90 Å². The smallest absolute Gasteiger partial charge is 0.274 e. The van der Waals surface area contributed by atoms with Gasteiger partial charge < -0.3 is 19.9 Å². The molecule has 4 heterocycles. The first-order valence-electron chi connectivity index (χ1n) is 10.1. The number of piperidine rings is 2. The van der Waals surface area contributed by atoms with Crippen molar-refractivity contribution >= 4 is 11.8 Å². The van der Waals surface area contributed by atoms with Crippen LogP contribution < -0.4 is 5.32 Å². The summed E-state index contributed by atoms with van der Waals surface area (Å²) in [6.45, 7) is 5.66. The monoisotopic (exact) mass is 375 g/mol. The number of hydrogen-bond donors (Lipinski definition) is 1. The van der Waals surface area contributed by atoms with Crippen molar-refractivity contribution in [3.63, 3.8) is 0 Å². The van der Waals surface area contributed by atoms with Crippen LogP contribution in [0.15, 0.2) is 12.3 Å². The second kappa shape index (κ2) is 8.39. The summed E-state index contributed by atoms with van der Waals surface area (Å²) in [6.07, 6.45) is 5.83. The molecule has 3 aliphatic rings. The molecule has 3 aliphatic heterocycles. The minimum atomic E-state index is -0.106. The molecule has 27 heavy (non-hydrogen) atoms. The quantitative estimate of drug-likeness (QED) is 0.833. The summed E-state index contributed by atoms with van der Waals surface area (Å²) >= 11 is 0. The van der Waals surface area contributed by atoms with Crippen LogP contribution in [0.25, 0.3) is 0 Å². The highest BCUT2D eigenvalue weighted by Crippen LogP contribution is 2.22. The van der Waals surface area contributed by atoms with Crippen molar-refractivity contribution in [2.75, 3.05) is 52.5 Å². The summed E-state index contributed by atoms with van der Waals surface area (Å²) in [7, 11) is 0. The van der Waals surface area contributed by atoms with Gasteiger partial charge in [-0.25, -0.2) is 0 Å². The summed E-state index contributed by atoms with van der Waals surface area (Å²) < 4.78 is 7.25. The molecule has 0 saturated carbocycles. The third kappa shape index (κ3) is 4.16. The Kier molecular flexibility index (Phi) is 5.73. The number of hydrogen-bond acceptors (Lipinski definition) is 5. The number of ether oxygens (including phenoxy) is 1. The average molecular weight is 375 g/mol. The first-order valence-corrected chi connectivity index (χ1v) is 10.1. The standard InChI is InChI=1S/C19H29N5O3/c25-18(22-9-11-27-12-10-22)15-3-2-7-23(14-15)19(26)17-5-8-24(21-17)16-4-1-6-20-13-16/h5,8,15-16,20H,1-4,6-7,9-14H2. The summed E-state index contributed by atoms with van der Waals surface area (Å²) in [5.41, 5.74) is 0.486. The lowest BCUT2D eigenvalue weighted by Crippen LogP contribution is -2.49. The van der Waals surface area contributed by atoms with Gasteiger partial charge in [-0.1, -0.05) is 0 Å². The van der Waals surface area contributed by atoms with E-state index >= 15 is 0 Å². The zero-order valence-corrected chi connectivity index (χ0v) is 15.8. The Labute approximate surface area is 159 Å². The second-order valence-electron chi connectivity index (χ2n) is 7.71. The number of likely N-dealkylation sites (tertiary alicyclic amines) is 1. The number of nitrogens with one attached hydrogen (secondary N) is 1. The SMILES string of the molecule is O=C(c1ccn(C2CCCNC2)n1)N1CCCC(C(=O)N2CCOCC2)C1. The Hall–Kier alpha value is -1.93. The van der Waals surface area contributed by atoms with E-state index in [-0.39, 0.29) is 17.7 Å². The van der Waals surface area contributed by atoms with Gasteiger partial charge in [0.05, 0.1) is 25.2 Å². The number of carbonyl (C=O) groups is 2. The molecule has 0 aromatic carbocycles. The summed E-state index contributed by atoms with van der Waals surface area (Å²) in [6, 6.07) is 2.13. The van der Waals surface area contributed by atoms with Crippen LogP contribution in [-0.2, 0) is 9.53 Å². The summed E-state index contributed by atoms with van der Waals surface area (Å²) in [5.74, 6) is -0.00274. The number of nitrogens with zero attached hydrogens (tertiary/aromatic N) is 4. The highest BCUT2D eigenvalue weighted by Gasteiger charge is 2.33. The Morgan fingerprint density at radius 2 is 1.96 bits per heavy atom. The van der Waals surface area contributed by atoms with E-state index < -0.39 is 0 Å². The third-order valence-corrected chi connectivity index (χ3v) is 5.85. The molecule has 0 aliphatic carbocycles. The molecule has 1 aromatic rings. The van der Waals surface area contributed by atoms with Crippen LogP contribution in [-0.4, -0.2) is 83.9 Å². The maximum Gasteiger partial charge on any atom is 0.274 e. The van der Waals surface area contributed by atoms with Crippen molar-refractivity contribution in [3.8, 4) is 0 Å². The van der Waals surface area contributed by atoms with E-state index in [1.807, 2.05) is 21.8 Å². The Morgan fingerprint density at radius 3 is 2.74 bits per heavy atom. The molecule has 2 atom stereocenters. The topological polar surface area (TPSA) is 79.7 Å². The highest BCUT2D eigenvalue weighted by molar-refractivity contribution is 5.92. The molecule has 0 bridgehead atoms. The van der Waals surface area contributed by atoms with Gasteiger partial charge in [-0.3, -0.25) is 14.3 Å². The van der Waals surface area contributed by atoms with Crippen molar-refractivity contribution in [1.29, 1.82) is 0 Å². The van der Waals surface area contributed by atoms with Crippen LogP contribution in [0.2, 0.25) is 0 Å². The molecule has 1 aromatic heterocycles. The first kappa shape index (κ1) is 18.4. The Morgan fingerprint density at radius 1 is 1.11 bits per heavy atom. The molecule has 4 rings (SSSR count). The van der Waals surface area contributed by atoms with Crippen LogP contribution in [0.4, 0.5) is 0 Å². The molecule has 0 spiro atoms. The number of rotatable bonds is 3. The van der Waals surface area contributed by atoms with Crippen molar-refractivity contribution < 1.29 is 14.3 Å². The zero-order chi connectivity index (χ0) is 18.6. The number of morpholine rings is 1. The largest absolute Gasteiger partial charge is 0.378 e. The lowest BCUT2D eigenvalue weighted by molar-refractivity contribution is -0.141. The molecular formula is C19H29N5O3. The summed E-state index contributed by atoms with van der Waals surface area (Å²) in [4.78, 5) is 29.4. The molecular weight excluding hydrogens is 346 g/mol. The van der Waals surface area contributed by atoms with Gasteiger partial charge in [0.25, 0.3) is 5.91 Å². The van der Waals surface area contributed by atoms with Crippen molar-refractivity contribution in [3.05, 3.63) is 18.0 Å². The van der Waals surface area contributed by atoms with Crippen molar-refractivity contribution in [2.45, 2.75) is 31.7 Å². The molecule has 0 radical (unpaired) electrons. The lowest BCUT2D eigenvalue weighted by atomic mass is 9.96. The minimum absolute atomic E-state index is 0.0583. The van der Waals surface area contributed by atoms with Gasteiger partial charge in [0.2, 0.25) is 5.91 Å². The van der Waals surface area contributed by atoms with E-state index in [1.165, 1.54) is 0 Å². The van der Waals surface area contributed by atoms with E-state index in [4.69, 9.17) is 4.74 Å². The molecule has 2 amide bonds. The zero-order valence-electron chi connectivity index (χ0n) is 15.8. The van der Waals surface area contributed by atoms with Gasteiger partial charge in [-0.15, -0.1) is 0 Å². The fraction of sp³-hybridized carbons (Fsp3) is 0.737. The van der Waals surface area contributed by atoms with Crippen LogP contribution in [0, 0.1) is 5.92 Å². The van der Waals surface area contributed by atoms with Gasteiger partial charge in [-0.2, -0.15) is 5.10 Å². The van der Waals surface area contributed by atoms with E-state index in [2.05, 4.69) is 10.4 Å². The van der Waals surface area contributed by atoms with E-state index in [9.17, 15) is 9.59 Å². The molecule has 2 unspecified atom stereocenters. The normalized spacial score (nSPS) is 26.8. The van der Waals surface area contributed by atoms with E-state index in [0.717, 1.165) is 38.8 Å². The van der Waals surface area contributed by atoms with E-state index in [0.29, 0.717) is 51.1 Å². The lowest BCUT2D eigenvalue weighted by Gasteiger charge is -2.36. The molecule has 1 N–H and O–H groups in total. The van der Waals surface area contributed by atoms with Crippen LogP contribution >= 0.6 is 0 Å². The molecule has 148 valence electrons. The van der Waals surface area contributed by atoms with Crippen molar-refractivity contribution in [2.24, 2.45) is 5.92 Å². The number of aromatic nitrogens is 2. The average Bonchev–Trinajstić information content (AvgIpc) is 3.24. The van der Waals surface area contributed by atoms with Gasteiger partial charge in [-0.05, 0) is 38.3 Å². The van der Waals surface area contributed by atoms with Gasteiger partial charge >= 0.3 is 0 Å². The minimum Gasteiger partial charge on any atom is -0.378 e. The van der Waals surface area contributed by atoms with Crippen molar-refractivity contribution in [1.82, 2.24) is 24.9 Å². The molecule has 8 heteroatoms. The first-order chi connectivity index (χ1) is 13.2. The predicted molar refractivity (Wildman–Crippen MR) is 99.4 cm³/mol. The highest BCUT2D eigenvalue weighted by atomic mass is 16.5. The van der Waals surface area contributed by atoms with Gasteiger partial charge in [0, 0.05) is 38.9 Å². The maximum atomic E-state index is 12.9.